The topological polar surface area (TPSA) is 98.4 Å². The SMILES string of the molecule is C1CC1.C=C(/C=C(C)\C(=C/C)c1cc2cnc(NC=O)cc2cc1C#N)/C(CC)=N/O.CCC. The summed E-state index contributed by atoms with van der Waals surface area (Å²) in [7, 11) is 0. The first-order chi connectivity index (χ1) is 16.4. The Balaban J connectivity index is 0.000000849. The molecule has 1 saturated carbocycles. The number of nitriles is 1. The van der Waals surface area contributed by atoms with Crippen LogP contribution in [0.3, 0.4) is 0 Å². The van der Waals surface area contributed by atoms with Crippen LogP contribution >= 0.6 is 0 Å². The molecule has 0 atom stereocenters. The van der Waals surface area contributed by atoms with Crippen molar-refractivity contribution in [3.05, 3.63) is 65.4 Å². The summed E-state index contributed by atoms with van der Waals surface area (Å²) in [5, 5.41) is 26.2. The number of rotatable bonds is 7. The summed E-state index contributed by atoms with van der Waals surface area (Å²) in [4.78, 5) is 14.8. The van der Waals surface area contributed by atoms with Gasteiger partial charge in [0.1, 0.15) is 5.82 Å². The van der Waals surface area contributed by atoms with Crippen LogP contribution in [0, 0.1) is 11.3 Å². The van der Waals surface area contributed by atoms with E-state index in [1.165, 1.54) is 25.7 Å². The van der Waals surface area contributed by atoms with E-state index in [2.05, 4.69) is 42.0 Å². The van der Waals surface area contributed by atoms with Gasteiger partial charge in [-0.05, 0) is 60.6 Å². The molecule has 0 saturated heterocycles. The van der Waals surface area contributed by atoms with Gasteiger partial charge in [-0.25, -0.2) is 4.98 Å². The quantitative estimate of drug-likeness (QED) is 0.148. The monoisotopic (exact) mass is 460 g/mol. The van der Waals surface area contributed by atoms with Crippen molar-refractivity contribution in [2.45, 2.75) is 66.7 Å². The standard InChI is InChI=1S/C22H22N4O2.C3H6.C3H8/c1-5-19(14(3)7-15(4)21(6-2)26-28)20-9-18-12-24-22(25-13-27)10-16(18)8-17(20)11-23;1-2-3-1;1-3-2/h5,7-10,12-13,28H,4,6H2,1-3H3,(H,24,25,27);1-3H2;3H2,1-2H3/b14-7-,19-5+,26-21+;;. The van der Waals surface area contributed by atoms with Gasteiger partial charge >= 0.3 is 0 Å². The number of carbonyl (C=O) groups excluding carboxylic acids is 1. The molecule has 2 N–H and O–H groups in total. The van der Waals surface area contributed by atoms with Gasteiger partial charge in [-0.15, -0.1) is 0 Å². The second-order valence-corrected chi connectivity index (χ2v) is 7.91. The highest BCUT2D eigenvalue weighted by Crippen LogP contribution is 2.31. The molecular weight excluding hydrogens is 424 g/mol. The van der Waals surface area contributed by atoms with Crippen LogP contribution < -0.4 is 5.32 Å². The number of oxime groups is 1. The molecule has 1 heterocycles. The highest BCUT2D eigenvalue weighted by atomic mass is 16.4. The van der Waals surface area contributed by atoms with Crippen LogP contribution in [-0.2, 0) is 4.79 Å². The summed E-state index contributed by atoms with van der Waals surface area (Å²) in [5.74, 6) is 0.424. The van der Waals surface area contributed by atoms with Crippen molar-refractivity contribution >= 4 is 34.3 Å². The van der Waals surface area contributed by atoms with Crippen LogP contribution in [0.1, 0.15) is 77.8 Å². The smallest absolute Gasteiger partial charge is 0.212 e. The van der Waals surface area contributed by atoms with Crippen LogP contribution in [0.4, 0.5) is 5.82 Å². The fraction of sp³-hybridized carbons (Fsp3) is 0.357. The molecule has 6 nitrogen and oxygen atoms in total. The third-order valence-electron chi connectivity index (χ3n) is 4.76. The number of nitrogens with one attached hydrogen (secondary N) is 1. The van der Waals surface area contributed by atoms with Crippen LogP contribution in [0.25, 0.3) is 16.3 Å². The second kappa shape index (κ2) is 15.2. The largest absolute Gasteiger partial charge is 0.411 e. The number of carbonyl (C=O) groups is 1. The molecule has 1 fully saturated rings. The normalized spacial score (nSPS) is 13.0. The van der Waals surface area contributed by atoms with Crippen molar-refractivity contribution in [3.63, 3.8) is 0 Å². The molecule has 0 aliphatic heterocycles. The van der Waals surface area contributed by atoms with Crippen LogP contribution in [-0.4, -0.2) is 22.3 Å². The lowest BCUT2D eigenvalue weighted by atomic mass is 9.91. The first-order valence-electron chi connectivity index (χ1n) is 11.7. The number of aromatic nitrogens is 1. The molecule has 1 aliphatic rings. The van der Waals surface area contributed by atoms with Gasteiger partial charge in [0.15, 0.2) is 0 Å². The van der Waals surface area contributed by atoms with Crippen molar-refractivity contribution in [2.75, 3.05) is 5.32 Å². The summed E-state index contributed by atoms with van der Waals surface area (Å²) in [6.45, 7) is 13.9. The Hall–Kier alpha value is -3.72. The highest BCUT2D eigenvalue weighted by Gasteiger charge is 2.13. The maximum Gasteiger partial charge on any atom is 0.212 e. The minimum Gasteiger partial charge on any atom is -0.411 e. The number of anilines is 1. The van der Waals surface area contributed by atoms with E-state index < -0.39 is 0 Å². The number of nitrogens with zero attached hydrogens (tertiary/aromatic N) is 3. The van der Waals surface area contributed by atoms with Crippen molar-refractivity contribution in [1.29, 1.82) is 5.26 Å². The molecule has 0 bridgehead atoms. The van der Waals surface area contributed by atoms with E-state index in [9.17, 15) is 10.1 Å². The molecular formula is C28H36N4O2. The first kappa shape index (κ1) is 28.3. The third-order valence-corrected chi connectivity index (χ3v) is 4.76. The predicted octanol–water partition coefficient (Wildman–Crippen LogP) is 7.41. The Bertz CT molecular complexity index is 1120. The third kappa shape index (κ3) is 8.67. The Morgan fingerprint density at radius 3 is 2.35 bits per heavy atom. The molecule has 1 amide bonds. The molecule has 2 aromatic rings. The summed E-state index contributed by atoms with van der Waals surface area (Å²) in [6, 6.07) is 7.65. The molecule has 1 aromatic carbocycles. The highest BCUT2D eigenvalue weighted by molar-refractivity contribution is 6.02. The number of hydrogen-bond acceptors (Lipinski definition) is 5. The van der Waals surface area contributed by atoms with Crippen molar-refractivity contribution in [1.82, 2.24) is 4.98 Å². The van der Waals surface area contributed by atoms with Crippen molar-refractivity contribution in [2.24, 2.45) is 5.16 Å². The average Bonchev–Trinajstić information content (AvgIpc) is 3.70. The minimum atomic E-state index is 0.424. The van der Waals surface area contributed by atoms with Crippen LogP contribution in [0.15, 0.2) is 59.4 Å². The van der Waals surface area contributed by atoms with Crippen LogP contribution in [0.2, 0.25) is 0 Å². The zero-order valence-corrected chi connectivity index (χ0v) is 21.0. The molecule has 3 rings (SSSR count). The number of amides is 1. The zero-order valence-electron chi connectivity index (χ0n) is 21.0. The molecule has 0 radical (unpaired) electrons. The number of pyridine rings is 1. The van der Waals surface area contributed by atoms with E-state index in [4.69, 9.17) is 5.21 Å². The predicted molar refractivity (Wildman–Crippen MR) is 142 cm³/mol. The second-order valence-electron chi connectivity index (χ2n) is 7.91. The van der Waals surface area contributed by atoms with Gasteiger partial charge in [0.2, 0.25) is 6.41 Å². The number of fused-ring (bicyclic) bond motifs is 1. The Kier molecular flexibility index (Phi) is 12.6. The lowest BCUT2D eigenvalue weighted by Crippen LogP contribution is -2.00. The van der Waals surface area contributed by atoms with Crippen molar-refractivity contribution < 1.29 is 10.0 Å². The van der Waals surface area contributed by atoms with Gasteiger partial charge in [-0.2, -0.15) is 5.26 Å². The molecule has 6 heteroatoms. The van der Waals surface area contributed by atoms with Gasteiger partial charge in [0, 0.05) is 17.1 Å². The Morgan fingerprint density at radius 2 is 1.88 bits per heavy atom. The summed E-state index contributed by atoms with van der Waals surface area (Å²) >= 11 is 0. The average molecular weight is 461 g/mol. The van der Waals surface area contributed by atoms with Crippen molar-refractivity contribution in [3.8, 4) is 6.07 Å². The molecule has 180 valence electrons. The molecule has 1 aromatic heterocycles. The lowest BCUT2D eigenvalue weighted by molar-refractivity contribution is -0.105. The van der Waals surface area contributed by atoms with E-state index in [1.54, 1.807) is 18.3 Å². The molecule has 34 heavy (non-hydrogen) atoms. The van der Waals surface area contributed by atoms with E-state index in [1.807, 2.05) is 39.0 Å². The number of hydrogen-bond donors (Lipinski definition) is 2. The summed E-state index contributed by atoms with van der Waals surface area (Å²) in [5.41, 5.74) is 4.18. The van der Waals surface area contributed by atoms with Gasteiger partial charge in [-0.1, -0.05) is 70.3 Å². The van der Waals surface area contributed by atoms with Gasteiger partial charge in [0.25, 0.3) is 0 Å². The molecule has 0 unspecified atom stereocenters. The maximum absolute atomic E-state index is 10.6. The van der Waals surface area contributed by atoms with Gasteiger partial charge < -0.3 is 10.5 Å². The maximum atomic E-state index is 10.6. The number of allylic oxidation sites excluding steroid dienone is 5. The van der Waals surface area contributed by atoms with Crippen LogP contribution in [0.5, 0.6) is 0 Å². The molecule has 0 spiro atoms. The Labute approximate surface area is 203 Å². The number of benzene rings is 1. The van der Waals surface area contributed by atoms with E-state index >= 15 is 0 Å². The summed E-state index contributed by atoms with van der Waals surface area (Å²) < 4.78 is 0. The van der Waals surface area contributed by atoms with E-state index in [0.717, 1.165) is 27.5 Å². The molecule has 1 aliphatic carbocycles. The van der Waals surface area contributed by atoms with Gasteiger partial charge in [0.05, 0.1) is 17.3 Å². The minimum absolute atomic E-state index is 0.424. The lowest BCUT2D eigenvalue weighted by Gasteiger charge is -2.13. The fourth-order valence-electron chi connectivity index (χ4n) is 3.03. The van der Waals surface area contributed by atoms with E-state index in [-0.39, 0.29) is 0 Å². The summed E-state index contributed by atoms with van der Waals surface area (Å²) in [6.07, 6.45) is 12.3. The van der Waals surface area contributed by atoms with E-state index in [0.29, 0.717) is 35.5 Å². The van der Waals surface area contributed by atoms with Gasteiger partial charge in [-0.3, -0.25) is 4.79 Å². The first-order valence-corrected chi connectivity index (χ1v) is 11.7. The fourth-order valence-corrected chi connectivity index (χ4v) is 3.03. The zero-order chi connectivity index (χ0) is 25.5. The Morgan fingerprint density at radius 1 is 1.24 bits per heavy atom.